The highest BCUT2D eigenvalue weighted by molar-refractivity contribution is 5.97. The van der Waals surface area contributed by atoms with Crippen molar-refractivity contribution >= 4 is 23.3 Å². The number of anilines is 2. The number of nitrogens with one attached hydrogen (secondary N) is 3. The van der Waals surface area contributed by atoms with Gasteiger partial charge in [-0.05, 0) is 50.2 Å². The first-order valence-electron chi connectivity index (χ1n) is 8.64. The number of nitrogens with zero attached hydrogens (tertiary/aromatic N) is 1. The Morgan fingerprint density at radius 1 is 0.929 bits per heavy atom. The van der Waals surface area contributed by atoms with Crippen molar-refractivity contribution in [3.8, 4) is 0 Å². The molecular formula is C19H21F3N4O2. The summed E-state index contributed by atoms with van der Waals surface area (Å²) in [4.78, 5) is 26.0. The van der Waals surface area contributed by atoms with E-state index in [2.05, 4.69) is 15.6 Å². The number of rotatable bonds is 5. The number of hydrazine groups is 1. The van der Waals surface area contributed by atoms with E-state index in [1.54, 1.807) is 24.3 Å². The van der Waals surface area contributed by atoms with Crippen LogP contribution in [0.2, 0.25) is 0 Å². The van der Waals surface area contributed by atoms with Crippen LogP contribution in [-0.2, 0) is 6.18 Å². The first-order chi connectivity index (χ1) is 13.3. The lowest BCUT2D eigenvalue weighted by atomic mass is 10.1. The van der Waals surface area contributed by atoms with E-state index < -0.39 is 29.4 Å². The Hall–Kier alpha value is -3.23. The number of urea groups is 1. The fourth-order valence-electron chi connectivity index (χ4n) is 2.59. The minimum absolute atomic E-state index is 0.298. The van der Waals surface area contributed by atoms with Crippen molar-refractivity contribution < 1.29 is 22.8 Å². The van der Waals surface area contributed by atoms with Gasteiger partial charge in [0.05, 0.1) is 11.3 Å². The Bertz CT molecular complexity index is 819. The van der Waals surface area contributed by atoms with Gasteiger partial charge in [0.15, 0.2) is 0 Å². The highest BCUT2D eigenvalue weighted by Gasteiger charge is 2.33. The number of benzene rings is 2. The van der Waals surface area contributed by atoms with Crippen LogP contribution < -0.4 is 21.1 Å². The molecule has 0 aliphatic rings. The summed E-state index contributed by atoms with van der Waals surface area (Å²) in [5, 5.41) is 2.07. The molecule has 150 valence electrons. The monoisotopic (exact) mass is 394 g/mol. The second kappa shape index (κ2) is 9.12. The predicted octanol–water partition coefficient (Wildman–Crippen LogP) is 4.02. The summed E-state index contributed by atoms with van der Waals surface area (Å²) in [5.41, 5.74) is 4.06. The van der Waals surface area contributed by atoms with Crippen molar-refractivity contribution in [3.05, 3.63) is 59.7 Å². The molecule has 9 heteroatoms. The minimum Gasteiger partial charge on any atom is -0.372 e. The number of para-hydroxylation sites is 1. The molecule has 2 aromatic rings. The highest BCUT2D eigenvalue weighted by Crippen LogP contribution is 2.34. The summed E-state index contributed by atoms with van der Waals surface area (Å²) in [5.74, 6) is -0.592. The van der Waals surface area contributed by atoms with Crippen molar-refractivity contribution in [2.24, 2.45) is 0 Å². The lowest BCUT2D eigenvalue weighted by molar-refractivity contribution is -0.136. The van der Waals surface area contributed by atoms with E-state index in [0.29, 0.717) is 5.56 Å². The first-order valence-corrected chi connectivity index (χ1v) is 8.64. The summed E-state index contributed by atoms with van der Waals surface area (Å²) in [6, 6.07) is 10.3. The van der Waals surface area contributed by atoms with E-state index in [1.807, 2.05) is 19.3 Å². The lowest BCUT2D eigenvalue weighted by Gasteiger charge is -2.21. The van der Waals surface area contributed by atoms with Gasteiger partial charge in [-0.2, -0.15) is 13.2 Å². The Balaban J connectivity index is 1.95. The van der Waals surface area contributed by atoms with Crippen molar-refractivity contribution in [3.63, 3.8) is 0 Å². The molecule has 0 aliphatic heterocycles. The second-order valence-corrected chi connectivity index (χ2v) is 5.80. The molecule has 6 nitrogen and oxygen atoms in total. The molecule has 0 aliphatic carbocycles. The van der Waals surface area contributed by atoms with Gasteiger partial charge < -0.3 is 10.2 Å². The summed E-state index contributed by atoms with van der Waals surface area (Å²) in [6.45, 7) is 5.68. The third-order valence-corrected chi connectivity index (χ3v) is 4.03. The molecule has 0 atom stereocenters. The SMILES string of the molecule is CCN(CC)c1ccc(C(=O)NNC(=O)Nc2ccccc2C(F)(F)F)cc1. The van der Waals surface area contributed by atoms with Crippen molar-refractivity contribution in [1.82, 2.24) is 10.9 Å². The van der Waals surface area contributed by atoms with Gasteiger partial charge in [0.25, 0.3) is 5.91 Å². The normalized spacial score (nSPS) is 10.9. The van der Waals surface area contributed by atoms with Crippen molar-refractivity contribution in [2.45, 2.75) is 20.0 Å². The summed E-state index contributed by atoms with van der Waals surface area (Å²) >= 11 is 0. The standard InChI is InChI=1S/C19H21F3N4O2/c1-3-26(4-2)14-11-9-13(10-12-14)17(27)24-25-18(28)23-16-8-6-5-7-15(16)19(20,21)22/h5-12H,3-4H2,1-2H3,(H,24,27)(H2,23,25,28). The van der Waals surface area contributed by atoms with Gasteiger partial charge >= 0.3 is 12.2 Å². The van der Waals surface area contributed by atoms with Crippen LogP contribution in [0, 0.1) is 0 Å². The first kappa shape index (κ1) is 21.1. The van der Waals surface area contributed by atoms with Gasteiger partial charge in [-0.15, -0.1) is 0 Å². The fraction of sp³-hybridized carbons (Fsp3) is 0.263. The number of carbonyl (C=O) groups is 2. The number of amides is 3. The number of halogens is 3. The number of hydrogen-bond acceptors (Lipinski definition) is 3. The average molecular weight is 394 g/mol. The van der Waals surface area contributed by atoms with E-state index in [1.165, 1.54) is 12.1 Å². The molecule has 0 saturated heterocycles. The largest absolute Gasteiger partial charge is 0.418 e. The zero-order valence-electron chi connectivity index (χ0n) is 15.4. The van der Waals surface area contributed by atoms with Crippen LogP contribution in [-0.4, -0.2) is 25.0 Å². The van der Waals surface area contributed by atoms with E-state index in [4.69, 9.17) is 0 Å². The predicted molar refractivity (Wildman–Crippen MR) is 101 cm³/mol. The molecule has 3 N–H and O–H groups in total. The molecule has 0 bridgehead atoms. The molecule has 0 saturated carbocycles. The molecule has 2 rings (SSSR count). The molecule has 2 aromatic carbocycles. The van der Waals surface area contributed by atoms with Crippen LogP contribution in [0.5, 0.6) is 0 Å². The molecule has 0 heterocycles. The van der Waals surface area contributed by atoms with Crippen LogP contribution in [0.4, 0.5) is 29.3 Å². The Labute approximate surface area is 160 Å². The highest BCUT2D eigenvalue weighted by atomic mass is 19.4. The van der Waals surface area contributed by atoms with Gasteiger partial charge in [0, 0.05) is 24.3 Å². The Morgan fingerprint density at radius 2 is 1.54 bits per heavy atom. The maximum absolute atomic E-state index is 12.9. The van der Waals surface area contributed by atoms with Crippen molar-refractivity contribution in [2.75, 3.05) is 23.3 Å². The van der Waals surface area contributed by atoms with E-state index in [-0.39, 0.29) is 0 Å². The third kappa shape index (κ3) is 5.38. The van der Waals surface area contributed by atoms with Gasteiger partial charge in [-0.25, -0.2) is 10.2 Å². The molecule has 0 radical (unpaired) electrons. The van der Waals surface area contributed by atoms with E-state index in [9.17, 15) is 22.8 Å². The van der Waals surface area contributed by atoms with Gasteiger partial charge in [0.1, 0.15) is 0 Å². The zero-order chi connectivity index (χ0) is 20.7. The quantitative estimate of drug-likeness (QED) is 0.671. The smallest absolute Gasteiger partial charge is 0.372 e. The number of carbonyl (C=O) groups excluding carboxylic acids is 2. The van der Waals surface area contributed by atoms with Gasteiger partial charge in [-0.3, -0.25) is 10.2 Å². The van der Waals surface area contributed by atoms with Crippen LogP contribution in [0.15, 0.2) is 48.5 Å². The maximum Gasteiger partial charge on any atom is 0.418 e. The molecule has 0 spiro atoms. The fourth-order valence-corrected chi connectivity index (χ4v) is 2.59. The number of alkyl halides is 3. The zero-order valence-corrected chi connectivity index (χ0v) is 15.4. The summed E-state index contributed by atoms with van der Waals surface area (Å²) in [7, 11) is 0. The lowest BCUT2D eigenvalue weighted by Crippen LogP contribution is -2.44. The summed E-state index contributed by atoms with van der Waals surface area (Å²) < 4.78 is 38.8. The molecule has 28 heavy (non-hydrogen) atoms. The Kier molecular flexibility index (Phi) is 6.86. The van der Waals surface area contributed by atoms with Crippen LogP contribution >= 0.6 is 0 Å². The molecule has 0 unspecified atom stereocenters. The molecule has 3 amide bonds. The summed E-state index contributed by atoms with van der Waals surface area (Å²) in [6.07, 6.45) is -4.61. The van der Waals surface area contributed by atoms with Crippen molar-refractivity contribution in [1.29, 1.82) is 0 Å². The van der Waals surface area contributed by atoms with Gasteiger partial charge in [-0.1, -0.05) is 12.1 Å². The average Bonchev–Trinajstić information content (AvgIpc) is 2.67. The van der Waals surface area contributed by atoms with Crippen LogP contribution in [0.25, 0.3) is 0 Å². The van der Waals surface area contributed by atoms with Crippen LogP contribution in [0.3, 0.4) is 0 Å². The van der Waals surface area contributed by atoms with E-state index in [0.717, 1.165) is 30.9 Å². The number of hydrogen-bond donors (Lipinski definition) is 3. The maximum atomic E-state index is 12.9. The van der Waals surface area contributed by atoms with E-state index >= 15 is 0 Å². The van der Waals surface area contributed by atoms with Gasteiger partial charge in [0.2, 0.25) is 0 Å². The Morgan fingerprint density at radius 3 is 2.11 bits per heavy atom. The van der Waals surface area contributed by atoms with Crippen LogP contribution in [0.1, 0.15) is 29.8 Å². The molecule has 0 fully saturated rings. The molecular weight excluding hydrogens is 373 g/mol. The topological polar surface area (TPSA) is 73.5 Å². The second-order valence-electron chi connectivity index (χ2n) is 5.80. The molecule has 0 aromatic heterocycles. The third-order valence-electron chi connectivity index (χ3n) is 4.03. The minimum atomic E-state index is -4.61.